The molecule has 1 aromatic heterocycles. The van der Waals surface area contributed by atoms with Crippen molar-refractivity contribution in [3.8, 4) is 0 Å². The van der Waals surface area contributed by atoms with Crippen molar-refractivity contribution in [3.05, 3.63) is 56.2 Å². The van der Waals surface area contributed by atoms with Crippen LogP contribution in [-0.4, -0.2) is 30.6 Å². The van der Waals surface area contributed by atoms with E-state index in [1.165, 1.54) is 4.88 Å². The van der Waals surface area contributed by atoms with Crippen molar-refractivity contribution in [2.24, 2.45) is 0 Å². The maximum atomic E-state index is 7.01. The van der Waals surface area contributed by atoms with E-state index in [4.69, 9.17) is 29.9 Å². The first-order valence-electron chi connectivity index (χ1n) is 10.7. The molecule has 1 atom stereocenters. The summed E-state index contributed by atoms with van der Waals surface area (Å²) >= 11 is 8.09. The molecule has 1 aliphatic heterocycles. The second kappa shape index (κ2) is 10.2. The normalized spacial score (nSPS) is 16.9. The molecule has 0 spiro atoms. The lowest BCUT2D eigenvalue weighted by Gasteiger charge is -2.39. The molecule has 1 aliphatic rings. The topological polar surface area (TPSA) is 36.9 Å². The standard InChI is InChI=1S/C23H34ClO4SSi2/c1-23(2,3)31(6,7)28-21(16-9-8-10-17(24)13-16)18-14-19(22-25-11-12-26-22)29-20(18)15-27-30(4)5/h8-10,13-14,21-22H,11-12,15H2,1-7H3. The highest BCUT2D eigenvalue weighted by atomic mass is 35.5. The summed E-state index contributed by atoms with van der Waals surface area (Å²) < 4.78 is 24.7. The third kappa shape index (κ3) is 6.29. The van der Waals surface area contributed by atoms with E-state index in [9.17, 15) is 0 Å². The number of hydrogen-bond donors (Lipinski definition) is 0. The fraction of sp³-hybridized carbons (Fsp3) is 0.565. The summed E-state index contributed by atoms with van der Waals surface area (Å²) in [4.78, 5) is 2.24. The molecular formula is C23H34ClO4SSi2. The summed E-state index contributed by atoms with van der Waals surface area (Å²) in [5, 5.41) is 0.796. The van der Waals surface area contributed by atoms with Crippen LogP contribution >= 0.6 is 22.9 Å². The third-order valence-electron chi connectivity index (χ3n) is 5.86. The van der Waals surface area contributed by atoms with Gasteiger partial charge >= 0.3 is 0 Å². The Labute approximate surface area is 198 Å². The van der Waals surface area contributed by atoms with E-state index in [0.29, 0.717) is 24.8 Å². The number of rotatable bonds is 8. The lowest BCUT2D eigenvalue weighted by Crippen LogP contribution is -2.42. The first kappa shape index (κ1) is 25.1. The lowest BCUT2D eigenvalue weighted by molar-refractivity contribution is -0.0413. The Kier molecular flexibility index (Phi) is 8.24. The van der Waals surface area contributed by atoms with Gasteiger partial charge in [0.2, 0.25) is 9.04 Å². The van der Waals surface area contributed by atoms with Gasteiger partial charge in [-0.25, -0.2) is 0 Å². The Balaban J connectivity index is 2.07. The molecule has 31 heavy (non-hydrogen) atoms. The van der Waals surface area contributed by atoms with Gasteiger partial charge in [-0.05, 0) is 55.0 Å². The first-order valence-corrected chi connectivity index (χ1v) is 17.2. The monoisotopic (exact) mass is 497 g/mol. The van der Waals surface area contributed by atoms with Crippen molar-refractivity contribution in [3.63, 3.8) is 0 Å². The van der Waals surface area contributed by atoms with Gasteiger partial charge in [0, 0.05) is 15.5 Å². The predicted molar refractivity (Wildman–Crippen MR) is 133 cm³/mol. The van der Waals surface area contributed by atoms with Gasteiger partial charge in [-0.15, -0.1) is 11.3 Å². The molecule has 1 fully saturated rings. The second-order valence-electron chi connectivity index (χ2n) is 9.61. The molecule has 0 N–H and O–H groups in total. The summed E-state index contributed by atoms with van der Waals surface area (Å²) in [5.74, 6) is 0. The van der Waals surface area contributed by atoms with Gasteiger partial charge in [0.1, 0.15) is 0 Å². The maximum Gasteiger partial charge on any atom is 0.205 e. The number of thiophene rings is 1. The molecule has 0 aliphatic carbocycles. The zero-order valence-corrected chi connectivity index (χ0v) is 23.2. The summed E-state index contributed by atoms with van der Waals surface area (Å²) in [6, 6.07) is 10.2. The summed E-state index contributed by atoms with van der Waals surface area (Å²) in [6.07, 6.45) is -0.521. The third-order valence-corrected chi connectivity index (χ3v) is 12.4. The molecule has 1 unspecified atom stereocenters. The zero-order valence-electron chi connectivity index (χ0n) is 19.6. The van der Waals surface area contributed by atoms with Crippen LogP contribution in [0, 0.1) is 0 Å². The SMILES string of the molecule is C[Si](C)OCc1sc(C2OCCO2)cc1C(O[Si](C)(C)C(C)(C)C)c1cccc(Cl)c1. The zero-order chi connectivity index (χ0) is 22.8. The van der Waals surface area contributed by atoms with Crippen molar-refractivity contribution in [1.29, 1.82) is 0 Å². The molecule has 171 valence electrons. The fourth-order valence-corrected chi connectivity index (χ4v) is 6.15. The van der Waals surface area contributed by atoms with E-state index in [-0.39, 0.29) is 17.4 Å². The van der Waals surface area contributed by atoms with Crippen LogP contribution in [0.3, 0.4) is 0 Å². The Bertz CT molecular complexity index is 873. The average Bonchev–Trinajstić information content (AvgIpc) is 3.33. The molecule has 4 nitrogen and oxygen atoms in total. The van der Waals surface area contributed by atoms with Gasteiger partial charge in [-0.1, -0.05) is 44.5 Å². The Hall–Kier alpha value is -0.516. The smallest absolute Gasteiger partial charge is 0.205 e. The molecule has 2 heterocycles. The Morgan fingerprint density at radius 3 is 2.45 bits per heavy atom. The molecule has 8 heteroatoms. The van der Waals surface area contributed by atoms with Crippen molar-refractivity contribution >= 4 is 40.3 Å². The maximum absolute atomic E-state index is 7.01. The molecule has 0 saturated carbocycles. The van der Waals surface area contributed by atoms with Crippen LogP contribution in [0.1, 0.15) is 54.0 Å². The van der Waals surface area contributed by atoms with Gasteiger partial charge in [-0.3, -0.25) is 0 Å². The van der Waals surface area contributed by atoms with Crippen LogP contribution in [0.5, 0.6) is 0 Å². The van der Waals surface area contributed by atoms with Crippen LogP contribution in [0.25, 0.3) is 0 Å². The van der Waals surface area contributed by atoms with Gasteiger partial charge in [0.05, 0.1) is 30.8 Å². The van der Waals surface area contributed by atoms with Crippen LogP contribution < -0.4 is 0 Å². The highest BCUT2D eigenvalue weighted by Gasteiger charge is 2.41. The lowest BCUT2D eigenvalue weighted by atomic mass is 10.0. The van der Waals surface area contributed by atoms with Gasteiger partial charge in [0.15, 0.2) is 14.6 Å². The summed E-state index contributed by atoms with van der Waals surface area (Å²) in [7, 11) is -2.90. The minimum absolute atomic E-state index is 0.0834. The van der Waals surface area contributed by atoms with Crippen molar-refractivity contribution in [2.45, 2.75) is 71.0 Å². The first-order chi connectivity index (χ1) is 14.5. The van der Waals surface area contributed by atoms with Crippen LogP contribution in [0.15, 0.2) is 30.3 Å². The molecule has 0 bridgehead atoms. The highest BCUT2D eigenvalue weighted by Crippen LogP contribution is 2.45. The second-order valence-corrected chi connectivity index (χ2v) is 18.1. The van der Waals surface area contributed by atoms with Crippen molar-refractivity contribution in [2.75, 3.05) is 13.2 Å². The largest absolute Gasteiger partial charge is 0.412 e. The van der Waals surface area contributed by atoms with E-state index in [2.05, 4.69) is 59.1 Å². The Morgan fingerprint density at radius 1 is 1.19 bits per heavy atom. The summed E-state index contributed by atoms with van der Waals surface area (Å²) in [5.41, 5.74) is 2.20. The minimum atomic E-state index is -2.08. The quantitative estimate of drug-likeness (QED) is 0.358. The van der Waals surface area contributed by atoms with Crippen LogP contribution in [0.4, 0.5) is 0 Å². The number of hydrogen-bond acceptors (Lipinski definition) is 5. The van der Waals surface area contributed by atoms with Gasteiger partial charge in [0.25, 0.3) is 0 Å². The van der Waals surface area contributed by atoms with Crippen LogP contribution in [-0.2, 0) is 24.9 Å². The minimum Gasteiger partial charge on any atom is -0.412 e. The van der Waals surface area contributed by atoms with Crippen molar-refractivity contribution < 1.29 is 18.3 Å². The van der Waals surface area contributed by atoms with Gasteiger partial charge < -0.3 is 18.3 Å². The molecule has 2 aromatic rings. The van der Waals surface area contributed by atoms with Crippen LogP contribution in [0.2, 0.25) is 36.2 Å². The van der Waals surface area contributed by atoms with E-state index < -0.39 is 17.4 Å². The molecular weight excluding hydrogens is 464 g/mol. The van der Waals surface area contributed by atoms with E-state index in [1.807, 2.05) is 18.2 Å². The fourth-order valence-electron chi connectivity index (χ4n) is 3.10. The average molecular weight is 498 g/mol. The highest BCUT2D eigenvalue weighted by molar-refractivity contribution is 7.12. The molecule has 3 rings (SSSR count). The number of benzene rings is 1. The van der Waals surface area contributed by atoms with E-state index >= 15 is 0 Å². The van der Waals surface area contributed by atoms with Gasteiger partial charge in [-0.2, -0.15) is 0 Å². The van der Waals surface area contributed by atoms with E-state index in [0.717, 1.165) is 16.0 Å². The molecule has 1 saturated heterocycles. The number of halogens is 1. The predicted octanol–water partition coefficient (Wildman–Crippen LogP) is 7.33. The van der Waals surface area contributed by atoms with E-state index in [1.54, 1.807) is 11.3 Å². The molecule has 1 aromatic carbocycles. The summed E-state index contributed by atoms with van der Waals surface area (Å²) in [6.45, 7) is 17.5. The molecule has 0 amide bonds. The number of ether oxygens (including phenoxy) is 2. The molecule has 1 radical (unpaired) electrons. The van der Waals surface area contributed by atoms with Crippen molar-refractivity contribution in [1.82, 2.24) is 0 Å². The Morgan fingerprint density at radius 2 is 1.87 bits per heavy atom.